The highest BCUT2D eigenvalue weighted by molar-refractivity contribution is 7.91. The first-order valence-electron chi connectivity index (χ1n) is 9.66. The van der Waals surface area contributed by atoms with Gasteiger partial charge in [-0.15, -0.1) is 0 Å². The first-order chi connectivity index (χ1) is 11.9. The molecule has 0 aromatic carbocycles. The molecule has 1 heterocycles. The van der Waals surface area contributed by atoms with Crippen molar-refractivity contribution >= 4 is 21.7 Å². The van der Waals surface area contributed by atoms with Gasteiger partial charge in [-0.1, -0.05) is 38.5 Å². The summed E-state index contributed by atoms with van der Waals surface area (Å²) >= 11 is 0. The molecule has 0 spiro atoms. The molecule has 1 N–H and O–H groups in total. The van der Waals surface area contributed by atoms with Gasteiger partial charge in [0.2, 0.25) is 5.91 Å². The minimum atomic E-state index is -3.29. The number of esters is 1. The summed E-state index contributed by atoms with van der Waals surface area (Å²) in [5.41, 5.74) is 0. The van der Waals surface area contributed by atoms with Crippen LogP contribution in [0.4, 0.5) is 0 Å². The number of hydrogen-bond donors (Lipinski definition) is 1. The van der Waals surface area contributed by atoms with Crippen molar-refractivity contribution in [2.45, 2.75) is 76.4 Å². The van der Waals surface area contributed by atoms with Crippen molar-refractivity contribution in [3.8, 4) is 0 Å². The lowest BCUT2D eigenvalue weighted by Gasteiger charge is -2.27. The van der Waals surface area contributed by atoms with Crippen LogP contribution in [0.25, 0.3) is 0 Å². The van der Waals surface area contributed by atoms with Crippen LogP contribution in [0.2, 0.25) is 0 Å². The number of sulfone groups is 1. The molecule has 7 heteroatoms. The summed E-state index contributed by atoms with van der Waals surface area (Å²) in [5.74, 6) is -0.840. The van der Waals surface area contributed by atoms with Gasteiger partial charge in [0, 0.05) is 5.92 Å². The second-order valence-electron chi connectivity index (χ2n) is 7.84. The Hall–Kier alpha value is -1.11. The lowest BCUT2D eigenvalue weighted by molar-refractivity contribution is -0.155. The molecule has 6 nitrogen and oxygen atoms in total. The minimum absolute atomic E-state index is 0.0354. The summed E-state index contributed by atoms with van der Waals surface area (Å²) in [7, 11) is -3.29. The highest BCUT2D eigenvalue weighted by atomic mass is 32.2. The van der Waals surface area contributed by atoms with Crippen molar-refractivity contribution in [1.29, 1.82) is 0 Å². The zero-order valence-electron chi connectivity index (χ0n) is 14.7. The lowest BCUT2D eigenvalue weighted by atomic mass is 9.88. The number of amides is 1. The van der Waals surface area contributed by atoms with E-state index in [9.17, 15) is 18.0 Å². The highest BCUT2D eigenvalue weighted by Gasteiger charge is 2.42. The predicted molar refractivity (Wildman–Crippen MR) is 93.6 cm³/mol. The number of nitrogens with one attached hydrogen (secondary N) is 1. The van der Waals surface area contributed by atoms with E-state index in [2.05, 4.69) is 5.32 Å². The normalized spacial score (nSPS) is 30.7. The van der Waals surface area contributed by atoms with Crippen molar-refractivity contribution in [3.05, 3.63) is 0 Å². The van der Waals surface area contributed by atoms with Gasteiger partial charge in [0.25, 0.3) is 0 Å². The molecule has 2 aliphatic carbocycles. The topological polar surface area (TPSA) is 89.5 Å². The SMILES string of the molecule is O=C(N[C@@H]1CS(=O)(=O)C[C@@H]1OC(=O)C1CCCCC1)C1CCCCC1. The number of rotatable bonds is 4. The maximum Gasteiger partial charge on any atom is 0.309 e. The van der Waals surface area contributed by atoms with Gasteiger partial charge >= 0.3 is 5.97 Å². The van der Waals surface area contributed by atoms with Crippen molar-refractivity contribution < 1.29 is 22.7 Å². The summed E-state index contributed by atoms with van der Waals surface area (Å²) in [6.07, 6.45) is 9.03. The average Bonchev–Trinajstić information content (AvgIpc) is 2.89. The van der Waals surface area contributed by atoms with Crippen molar-refractivity contribution in [3.63, 3.8) is 0 Å². The van der Waals surface area contributed by atoms with E-state index < -0.39 is 22.0 Å². The summed E-state index contributed by atoms with van der Waals surface area (Å²) in [4.78, 5) is 24.8. The summed E-state index contributed by atoms with van der Waals surface area (Å²) < 4.78 is 29.6. The smallest absolute Gasteiger partial charge is 0.309 e. The van der Waals surface area contributed by atoms with E-state index >= 15 is 0 Å². The van der Waals surface area contributed by atoms with Crippen LogP contribution in [0.1, 0.15) is 64.2 Å². The van der Waals surface area contributed by atoms with Gasteiger partial charge < -0.3 is 10.1 Å². The first-order valence-corrected chi connectivity index (χ1v) is 11.5. The van der Waals surface area contributed by atoms with E-state index in [0.717, 1.165) is 64.2 Å². The van der Waals surface area contributed by atoms with E-state index in [1.54, 1.807) is 0 Å². The zero-order chi connectivity index (χ0) is 17.9. The molecule has 2 atom stereocenters. The van der Waals surface area contributed by atoms with Gasteiger partial charge in [0.15, 0.2) is 9.84 Å². The molecule has 1 aliphatic heterocycles. The lowest BCUT2D eigenvalue weighted by Crippen LogP contribution is -2.47. The Bertz CT molecular complexity index is 545. The molecular formula is C18H29NO5S. The monoisotopic (exact) mass is 371 g/mol. The van der Waals surface area contributed by atoms with Crippen molar-refractivity contribution in [2.75, 3.05) is 11.5 Å². The zero-order valence-corrected chi connectivity index (χ0v) is 15.6. The molecule has 0 aromatic heterocycles. The largest absolute Gasteiger partial charge is 0.459 e. The molecule has 1 amide bonds. The van der Waals surface area contributed by atoms with Crippen LogP contribution in [0.3, 0.4) is 0 Å². The van der Waals surface area contributed by atoms with E-state index in [1.165, 1.54) is 0 Å². The fourth-order valence-corrected chi connectivity index (χ4v) is 6.10. The molecule has 0 unspecified atom stereocenters. The molecule has 3 fully saturated rings. The fraction of sp³-hybridized carbons (Fsp3) is 0.889. The van der Waals surface area contributed by atoms with Gasteiger partial charge in [-0.25, -0.2) is 8.42 Å². The molecule has 3 aliphatic rings. The van der Waals surface area contributed by atoms with Crippen LogP contribution < -0.4 is 5.32 Å². The number of hydrogen-bond acceptors (Lipinski definition) is 5. The summed E-state index contributed by atoms with van der Waals surface area (Å²) in [6.45, 7) is 0. The predicted octanol–water partition coefficient (Wildman–Crippen LogP) is 1.97. The Morgan fingerprint density at radius 1 is 0.800 bits per heavy atom. The van der Waals surface area contributed by atoms with E-state index in [4.69, 9.17) is 4.74 Å². The van der Waals surface area contributed by atoms with Crippen LogP contribution in [0, 0.1) is 11.8 Å². The third kappa shape index (κ3) is 4.96. The molecule has 0 aromatic rings. The standard InChI is InChI=1S/C18H29NO5S/c20-17(13-7-3-1-4-8-13)19-15-11-25(22,23)12-16(15)24-18(21)14-9-5-2-6-10-14/h13-16H,1-12H2,(H,19,20)/t15-,16+/m1/s1. The maximum atomic E-state index is 12.5. The van der Waals surface area contributed by atoms with Gasteiger partial charge in [-0.2, -0.15) is 0 Å². The quantitative estimate of drug-likeness (QED) is 0.763. The van der Waals surface area contributed by atoms with Gasteiger partial charge in [-0.3, -0.25) is 9.59 Å². The molecule has 0 bridgehead atoms. The molecule has 25 heavy (non-hydrogen) atoms. The maximum absolute atomic E-state index is 12.5. The van der Waals surface area contributed by atoms with Crippen LogP contribution in [-0.4, -0.2) is 43.9 Å². The molecule has 1 saturated heterocycles. The first kappa shape index (κ1) is 18.7. The number of carbonyl (C=O) groups is 2. The van der Waals surface area contributed by atoms with Crippen LogP contribution in [-0.2, 0) is 24.2 Å². The van der Waals surface area contributed by atoms with Gasteiger partial charge in [0.1, 0.15) is 6.10 Å². The Morgan fingerprint density at radius 2 is 1.36 bits per heavy atom. The third-order valence-electron chi connectivity index (χ3n) is 5.81. The Balaban J connectivity index is 1.60. The van der Waals surface area contributed by atoms with Crippen molar-refractivity contribution in [2.24, 2.45) is 11.8 Å². The van der Waals surface area contributed by atoms with Crippen LogP contribution in [0.5, 0.6) is 0 Å². The Morgan fingerprint density at radius 3 is 1.96 bits per heavy atom. The van der Waals surface area contributed by atoms with Crippen LogP contribution in [0.15, 0.2) is 0 Å². The molecule has 142 valence electrons. The Labute approximate surface area is 150 Å². The van der Waals surface area contributed by atoms with Gasteiger partial charge in [-0.05, 0) is 25.7 Å². The molecule has 2 saturated carbocycles. The minimum Gasteiger partial charge on any atom is -0.459 e. The molecular weight excluding hydrogens is 342 g/mol. The van der Waals surface area contributed by atoms with E-state index in [-0.39, 0.29) is 35.2 Å². The van der Waals surface area contributed by atoms with Gasteiger partial charge in [0.05, 0.1) is 23.5 Å². The number of ether oxygens (including phenoxy) is 1. The van der Waals surface area contributed by atoms with E-state index in [1.807, 2.05) is 0 Å². The summed E-state index contributed by atoms with van der Waals surface area (Å²) in [5, 5.41) is 2.87. The summed E-state index contributed by atoms with van der Waals surface area (Å²) in [6, 6.07) is -0.605. The van der Waals surface area contributed by atoms with Crippen molar-refractivity contribution in [1.82, 2.24) is 5.32 Å². The van der Waals surface area contributed by atoms with Crippen LogP contribution >= 0.6 is 0 Å². The second-order valence-corrected chi connectivity index (χ2v) is 9.99. The number of carbonyl (C=O) groups excluding carboxylic acids is 2. The Kier molecular flexibility index (Phi) is 6.02. The third-order valence-corrected chi connectivity index (χ3v) is 7.51. The molecule has 3 rings (SSSR count). The molecule has 0 radical (unpaired) electrons. The second kappa shape index (κ2) is 8.06. The average molecular weight is 371 g/mol. The highest BCUT2D eigenvalue weighted by Crippen LogP contribution is 2.28. The fourth-order valence-electron chi connectivity index (χ4n) is 4.32. The van der Waals surface area contributed by atoms with E-state index in [0.29, 0.717) is 0 Å².